The Hall–Kier alpha value is -1.54. The standard InChI is InChI=1S/C17H23NO/c1-4-12(2)11-19-17-15(13(3)18)10-9-14-7-5-6-8-16(14)17/h5-10,12-13H,4,11,18H2,1-3H3/t12?,13-/m0/s1. The van der Waals surface area contributed by atoms with Gasteiger partial charge in [-0.2, -0.15) is 0 Å². The van der Waals surface area contributed by atoms with Gasteiger partial charge in [0.2, 0.25) is 0 Å². The lowest BCUT2D eigenvalue weighted by molar-refractivity contribution is 0.256. The van der Waals surface area contributed by atoms with Crippen LogP contribution in [0.1, 0.15) is 38.8 Å². The molecular weight excluding hydrogens is 234 g/mol. The second-order valence-corrected chi connectivity index (χ2v) is 5.32. The molecular formula is C17H23NO. The molecule has 0 saturated carbocycles. The van der Waals surface area contributed by atoms with Gasteiger partial charge in [-0.3, -0.25) is 0 Å². The van der Waals surface area contributed by atoms with Gasteiger partial charge in [0.1, 0.15) is 5.75 Å². The van der Waals surface area contributed by atoms with Crippen LogP contribution in [0.25, 0.3) is 10.8 Å². The van der Waals surface area contributed by atoms with Crippen LogP contribution in [0.5, 0.6) is 5.75 Å². The molecule has 2 nitrogen and oxygen atoms in total. The Morgan fingerprint density at radius 2 is 1.84 bits per heavy atom. The summed E-state index contributed by atoms with van der Waals surface area (Å²) in [5, 5.41) is 2.35. The summed E-state index contributed by atoms with van der Waals surface area (Å²) in [6.45, 7) is 7.13. The number of hydrogen-bond acceptors (Lipinski definition) is 2. The molecule has 0 radical (unpaired) electrons. The highest BCUT2D eigenvalue weighted by Gasteiger charge is 2.13. The third kappa shape index (κ3) is 3.07. The molecule has 0 aromatic heterocycles. The quantitative estimate of drug-likeness (QED) is 0.867. The van der Waals surface area contributed by atoms with Crippen molar-refractivity contribution in [3.63, 3.8) is 0 Å². The molecule has 0 bridgehead atoms. The average Bonchev–Trinajstić information content (AvgIpc) is 2.43. The minimum Gasteiger partial charge on any atom is -0.492 e. The third-order valence-electron chi connectivity index (χ3n) is 3.61. The van der Waals surface area contributed by atoms with E-state index in [0.29, 0.717) is 5.92 Å². The van der Waals surface area contributed by atoms with E-state index in [1.807, 2.05) is 19.1 Å². The van der Waals surface area contributed by atoms with Crippen molar-refractivity contribution in [3.05, 3.63) is 42.0 Å². The van der Waals surface area contributed by atoms with Gasteiger partial charge in [-0.05, 0) is 18.2 Å². The van der Waals surface area contributed by atoms with Crippen molar-refractivity contribution in [1.29, 1.82) is 0 Å². The molecule has 102 valence electrons. The van der Waals surface area contributed by atoms with Crippen molar-refractivity contribution in [2.75, 3.05) is 6.61 Å². The van der Waals surface area contributed by atoms with Crippen LogP contribution in [0, 0.1) is 5.92 Å². The van der Waals surface area contributed by atoms with Crippen LogP contribution < -0.4 is 10.5 Å². The largest absolute Gasteiger partial charge is 0.492 e. The summed E-state index contributed by atoms with van der Waals surface area (Å²) in [5.41, 5.74) is 7.15. The number of rotatable bonds is 5. The molecule has 2 heteroatoms. The Balaban J connectivity index is 2.43. The molecule has 0 spiro atoms. The summed E-state index contributed by atoms with van der Waals surface area (Å²) < 4.78 is 6.08. The minimum atomic E-state index is -0.0171. The van der Waals surface area contributed by atoms with Gasteiger partial charge in [-0.1, -0.05) is 56.7 Å². The van der Waals surface area contributed by atoms with E-state index >= 15 is 0 Å². The number of hydrogen-bond donors (Lipinski definition) is 1. The van der Waals surface area contributed by atoms with Crippen molar-refractivity contribution >= 4 is 10.8 Å². The number of ether oxygens (including phenoxy) is 1. The number of fused-ring (bicyclic) bond motifs is 1. The fraction of sp³-hybridized carbons (Fsp3) is 0.412. The first-order chi connectivity index (χ1) is 9.13. The molecule has 2 rings (SSSR count). The topological polar surface area (TPSA) is 35.2 Å². The predicted molar refractivity (Wildman–Crippen MR) is 81.5 cm³/mol. The number of nitrogens with two attached hydrogens (primary N) is 1. The molecule has 0 aliphatic rings. The number of benzene rings is 2. The Morgan fingerprint density at radius 3 is 2.53 bits per heavy atom. The van der Waals surface area contributed by atoms with Gasteiger partial charge in [0.15, 0.2) is 0 Å². The average molecular weight is 257 g/mol. The molecule has 19 heavy (non-hydrogen) atoms. The second-order valence-electron chi connectivity index (χ2n) is 5.32. The first-order valence-corrected chi connectivity index (χ1v) is 7.03. The molecule has 0 amide bonds. The predicted octanol–water partition coefficient (Wildman–Crippen LogP) is 4.28. The van der Waals surface area contributed by atoms with Gasteiger partial charge in [-0.15, -0.1) is 0 Å². The van der Waals surface area contributed by atoms with Gasteiger partial charge in [-0.25, -0.2) is 0 Å². The van der Waals surface area contributed by atoms with E-state index in [4.69, 9.17) is 10.5 Å². The fourth-order valence-electron chi connectivity index (χ4n) is 2.12. The molecule has 2 atom stereocenters. The van der Waals surface area contributed by atoms with Crippen molar-refractivity contribution < 1.29 is 4.74 Å². The highest BCUT2D eigenvalue weighted by atomic mass is 16.5. The van der Waals surface area contributed by atoms with E-state index in [1.54, 1.807) is 0 Å². The van der Waals surface area contributed by atoms with Gasteiger partial charge in [0.05, 0.1) is 6.61 Å². The van der Waals surface area contributed by atoms with Crippen LogP contribution in [-0.2, 0) is 0 Å². The van der Waals surface area contributed by atoms with E-state index < -0.39 is 0 Å². The van der Waals surface area contributed by atoms with Crippen LogP contribution in [0.15, 0.2) is 36.4 Å². The smallest absolute Gasteiger partial charge is 0.131 e. The maximum atomic E-state index is 6.08. The zero-order chi connectivity index (χ0) is 13.8. The minimum absolute atomic E-state index is 0.0171. The lowest BCUT2D eigenvalue weighted by atomic mass is 10.0. The fourth-order valence-corrected chi connectivity index (χ4v) is 2.12. The van der Waals surface area contributed by atoms with Crippen molar-refractivity contribution in [1.82, 2.24) is 0 Å². The van der Waals surface area contributed by atoms with E-state index in [0.717, 1.165) is 29.7 Å². The van der Waals surface area contributed by atoms with E-state index in [1.165, 1.54) is 5.39 Å². The molecule has 0 heterocycles. The lowest BCUT2D eigenvalue weighted by Gasteiger charge is -2.18. The molecule has 2 aromatic rings. The van der Waals surface area contributed by atoms with E-state index in [2.05, 4.69) is 38.1 Å². The van der Waals surface area contributed by atoms with Crippen molar-refractivity contribution in [2.45, 2.75) is 33.2 Å². The van der Waals surface area contributed by atoms with Crippen LogP contribution >= 0.6 is 0 Å². The summed E-state index contributed by atoms with van der Waals surface area (Å²) >= 11 is 0. The zero-order valence-electron chi connectivity index (χ0n) is 12.0. The maximum Gasteiger partial charge on any atom is 0.131 e. The third-order valence-corrected chi connectivity index (χ3v) is 3.61. The second kappa shape index (κ2) is 6.07. The Bertz CT molecular complexity index is 548. The lowest BCUT2D eigenvalue weighted by Crippen LogP contribution is -2.12. The van der Waals surface area contributed by atoms with Gasteiger partial charge >= 0.3 is 0 Å². The van der Waals surface area contributed by atoms with Crippen LogP contribution in [-0.4, -0.2) is 6.61 Å². The highest BCUT2D eigenvalue weighted by molar-refractivity contribution is 5.89. The maximum absolute atomic E-state index is 6.08. The molecule has 0 saturated heterocycles. The molecule has 0 aliphatic carbocycles. The summed E-state index contributed by atoms with van der Waals surface area (Å²) in [6.07, 6.45) is 1.12. The van der Waals surface area contributed by atoms with Gasteiger partial charge in [0.25, 0.3) is 0 Å². The molecule has 2 aromatic carbocycles. The summed E-state index contributed by atoms with van der Waals surface area (Å²) in [5.74, 6) is 1.51. The molecule has 1 unspecified atom stereocenters. The zero-order valence-corrected chi connectivity index (χ0v) is 12.0. The Labute approximate surface area is 115 Å². The SMILES string of the molecule is CCC(C)COc1c([C@H](C)N)ccc2ccccc12. The van der Waals surface area contributed by atoms with E-state index in [9.17, 15) is 0 Å². The van der Waals surface area contributed by atoms with Gasteiger partial charge in [0, 0.05) is 17.0 Å². The molecule has 0 aliphatic heterocycles. The normalized spacial score (nSPS) is 14.3. The van der Waals surface area contributed by atoms with Crippen molar-refractivity contribution in [3.8, 4) is 5.75 Å². The molecule has 0 fully saturated rings. The Morgan fingerprint density at radius 1 is 1.11 bits per heavy atom. The first-order valence-electron chi connectivity index (χ1n) is 7.03. The molecule has 2 N–H and O–H groups in total. The Kier molecular flexibility index (Phi) is 4.43. The van der Waals surface area contributed by atoms with Crippen LogP contribution in [0.2, 0.25) is 0 Å². The summed E-state index contributed by atoms with van der Waals surface area (Å²) in [4.78, 5) is 0. The summed E-state index contributed by atoms with van der Waals surface area (Å²) in [6, 6.07) is 12.5. The van der Waals surface area contributed by atoms with Crippen LogP contribution in [0.3, 0.4) is 0 Å². The van der Waals surface area contributed by atoms with Crippen LogP contribution in [0.4, 0.5) is 0 Å². The van der Waals surface area contributed by atoms with Crippen molar-refractivity contribution in [2.24, 2.45) is 11.7 Å². The first kappa shape index (κ1) is 13.9. The monoisotopic (exact) mass is 257 g/mol. The van der Waals surface area contributed by atoms with Gasteiger partial charge < -0.3 is 10.5 Å². The van der Waals surface area contributed by atoms with E-state index in [-0.39, 0.29) is 6.04 Å². The summed E-state index contributed by atoms with van der Waals surface area (Å²) in [7, 11) is 0. The highest BCUT2D eigenvalue weighted by Crippen LogP contribution is 2.33.